The molecule has 0 aliphatic rings. The van der Waals surface area contributed by atoms with E-state index in [-0.39, 0.29) is 11.4 Å². The minimum absolute atomic E-state index is 0.214. The Labute approximate surface area is 119 Å². The van der Waals surface area contributed by atoms with E-state index in [0.717, 1.165) is 12.8 Å². The Kier molecular flexibility index (Phi) is 5.63. The highest BCUT2D eigenvalue weighted by Gasteiger charge is 2.27. The number of benzene rings is 1. The van der Waals surface area contributed by atoms with Crippen LogP contribution in [0, 0.1) is 0 Å². The molecule has 0 atom stereocenters. The molecule has 1 aromatic carbocycles. The Morgan fingerprint density at radius 3 is 2.53 bits per heavy atom. The molecule has 1 rings (SSSR count). The molecule has 1 amide bonds. The molecule has 0 aromatic heterocycles. The summed E-state index contributed by atoms with van der Waals surface area (Å²) in [5.41, 5.74) is 5.82. The summed E-state index contributed by atoms with van der Waals surface area (Å²) in [5.74, 6) is 0.286. The van der Waals surface area contributed by atoms with Crippen molar-refractivity contribution in [2.24, 2.45) is 5.73 Å². The molecule has 106 valence electrons. The third kappa shape index (κ3) is 3.61. The molecule has 3 N–H and O–H groups in total. The Hall–Kier alpha value is -1.26. The largest absolute Gasteiger partial charge is 0.496 e. The Bertz CT molecular complexity index is 437. The number of rotatable bonds is 6. The van der Waals surface area contributed by atoms with Gasteiger partial charge >= 0.3 is 0 Å². The molecule has 0 heterocycles. The second kappa shape index (κ2) is 6.78. The van der Waals surface area contributed by atoms with Crippen LogP contribution in [0.15, 0.2) is 18.2 Å². The van der Waals surface area contributed by atoms with E-state index < -0.39 is 0 Å². The highest BCUT2D eigenvalue weighted by molar-refractivity contribution is 6.31. The lowest BCUT2D eigenvalue weighted by atomic mass is 9.92. The van der Waals surface area contributed by atoms with Gasteiger partial charge in [0, 0.05) is 11.6 Å². The Morgan fingerprint density at radius 1 is 1.42 bits per heavy atom. The van der Waals surface area contributed by atoms with Crippen LogP contribution in [0.1, 0.15) is 37.0 Å². The summed E-state index contributed by atoms with van der Waals surface area (Å²) in [6.45, 7) is 4.41. The van der Waals surface area contributed by atoms with Crippen molar-refractivity contribution in [1.29, 1.82) is 0 Å². The van der Waals surface area contributed by atoms with Gasteiger partial charge in [-0.15, -0.1) is 0 Å². The van der Waals surface area contributed by atoms with Crippen molar-refractivity contribution in [2.75, 3.05) is 13.7 Å². The SMILES string of the molecule is CCC(CC)(CN)NC(=O)c1cc(Cl)ccc1OC. The number of halogens is 1. The predicted octanol–water partition coefficient (Wildman–Crippen LogP) is 2.60. The van der Waals surface area contributed by atoms with Gasteiger partial charge in [0.15, 0.2) is 0 Å². The van der Waals surface area contributed by atoms with E-state index in [4.69, 9.17) is 22.1 Å². The van der Waals surface area contributed by atoms with Crippen LogP contribution in [0.3, 0.4) is 0 Å². The molecule has 0 fully saturated rings. The number of hydrogen-bond acceptors (Lipinski definition) is 3. The molecule has 0 radical (unpaired) electrons. The third-order valence-corrected chi connectivity index (χ3v) is 3.76. The van der Waals surface area contributed by atoms with Gasteiger partial charge in [-0.05, 0) is 31.0 Å². The van der Waals surface area contributed by atoms with Crippen molar-refractivity contribution in [3.63, 3.8) is 0 Å². The van der Waals surface area contributed by atoms with Crippen molar-refractivity contribution in [2.45, 2.75) is 32.2 Å². The maximum Gasteiger partial charge on any atom is 0.255 e. The molecule has 0 aliphatic carbocycles. The standard InChI is InChI=1S/C14H21ClN2O2/c1-4-14(5-2,9-16)17-13(18)11-8-10(15)6-7-12(11)19-3/h6-8H,4-5,9,16H2,1-3H3,(H,17,18). The van der Waals surface area contributed by atoms with Crippen molar-refractivity contribution in [3.8, 4) is 5.75 Å². The lowest BCUT2D eigenvalue weighted by Crippen LogP contribution is -2.52. The number of methoxy groups -OCH3 is 1. The van der Waals surface area contributed by atoms with Crippen LogP contribution in [-0.2, 0) is 0 Å². The fourth-order valence-corrected chi connectivity index (χ4v) is 2.10. The minimum atomic E-state index is -0.385. The molecule has 0 spiro atoms. The number of ether oxygens (including phenoxy) is 1. The zero-order valence-corrected chi connectivity index (χ0v) is 12.4. The smallest absolute Gasteiger partial charge is 0.255 e. The third-order valence-electron chi connectivity index (χ3n) is 3.53. The molecule has 0 unspecified atom stereocenters. The van der Waals surface area contributed by atoms with Crippen molar-refractivity contribution >= 4 is 17.5 Å². The van der Waals surface area contributed by atoms with Gasteiger partial charge in [-0.1, -0.05) is 25.4 Å². The number of carbonyl (C=O) groups is 1. The van der Waals surface area contributed by atoms with Gasteiger partial charge < -0.3 is 15.8 Å². The van der Waals surface area contributed by atoms with E-state index in [9.17, 15) is 4.79 Å². The van der Waals surface area contributed by atoms with Crippen molar-refractivity contribution in [3.05, 3.63) is 28.8 Å². The van der Waals surface area contributed by atoms with E-state index in [1.807, 2.05) is 13.8 Å². The number of nitrogens with one attached hydrogen (secondary N) is 1. The lowest BCUT2D eigenvalue weighted by Gasteiger charge is -2.31. The number of amides is 1. The first kappa shape index (κ1) is 15.8. The van der Waals surface area contributed by atoms with Crippen molar-refractivity contribution < 1.29 is 9.53 Å². The van der Waals surface area contributed by atoms with Crippen LogP contribution in [0.25, 0.3) is 0 Å². The van der Waals surface area contributed by atoms with Gasteiger partial charge in [-0.25, -0.2) is 0 Å². The second-order valence-corrected chi connectivity index (χ2v) is 4.93. The van der Waals surface area contributed by atoms with Gasteiger partial charge in [0.05, 0.1) is 18.2 Å². The summed E-state index contributed by atoms with van der Waals surface area (Å²) >= 11 is 5.93. The fraction of sp³-hybridized carbons (Fsp3) is 0.500. The van der Waals surface area contributed by atoms with E-state index in [0.29, 0.717) is 22.9 Å². The van der Waals surface area contributed by atoms with Gasteiger partial charge in [0.25, 0.3) is 5.91 Å². The second-order valence-electron chi connectivity index (χ2n) is 4.49. The zero-order chi connectivity index (χ0) is 14.5. The minimum Gasteiger partial charge on any atom is -0.496 e. The number of hydrogen-bond donors (Lipinski definition) is 2. The summed E-state index contributed by atoms with van der Waals surface area (Å²) in [6, 6.07) is 4.97. The van der Waals surface area contributed by atoms with Crippen LogP contribution in [0.2, 0.25) is 5.02 Å². The predicted molar refractivity (Wildman–Crippen MR) is 77.8 cm³/mol. The summed E-state index contributed by atoms with van der Waals surface area (Å²) in [6.07, 6.45) is 1.54. The van der Waals surface area contributed by atoms with Crippen LogP contribution >= 0.6 is 11.6 Å². The molecule has 0 saturated heterocycles. The van der Waals surface area contributed by atoms with Gasteiger partial charge in [-0.2, -0.15) is 0 Å². The van der Waals surface area contributed by atoms with Crippen molar-refractivity contribution in [1.82, 2.24) is 5.32 Å². The first-order valence-electron chi connectivity index (χ1n) is 6.38. The average molecular weight is 285 g/mol. The Balaban J connectivity index is 3.03. The number of nitrogens with two attached hydrogens (primary N) is 1. The van der Waals surface area contributed by atoms with Crippen LogP contribution in [0.5, 0.6) is 5.75 Å². The lowest BCUT2D eigenvalue weighted by molar-refractivity contribution is 0.0892. The monoisotopic (exact) mass is 284 g/mol. The normalized spacial score (nSPS) is 11.2. The van der Waals surface area contributed by atoms with E-state index in [1.165, 1.54) is 7.11 Å². The first-order valence-corrected chi connectivity index (χ1v) is 6.75. The quantitative estimate of drug-likeness (QED) is 0.844. The van der Waals surface area contributed by atoms with Crippen LogP contribution < -0.4 is 15.8 Å². The van der Waals surface area contributed by atoms with E-state index in [1.54, 1.807) is 18.2 Å². The zero-order valence-electron chi connectivity index (χ0n) is 11.6. The van der Waals surface area contributed by atoms with E-state index >= 15 is 0 Å². The molecule has 1 aromatic rings. The molecule has 19 heavy (non-hydrogen) atoms. The van der Waals surface area contributed by atoms with Gasteiger partial charge in [0.2, 0.25) is 0 Å². The number of carbonyl (C=O) groups excluding carboxylic acids is 1. The van der Waals surface area contributed by atoms with E-state index in [2.05, 4.69) is 5.32 Å². The maximum absolute atomic E-state index is 12.4. The van der Waals surface area contributed by atoms with Gasteiger partial charge in [0.1, 0.15) is 5.75 Å². The summed E-state index contributed by atoms with van der Waals surface area (Å²) in [4.78, 5) is 12.4. The topological polar surface area (TPSA) is 64.3 Å². The fourth-order valence-electron chi connectivity index (χ4n) is 1.93. The molecular weight excluding hydrogens is 264 g/mol. The highest BCUT2D eigenvalue weighted by atomic mass is 35.5. The molecule has 0 aliphatic heterocycles. The molecular formula is C14H21ClN2O2. The molecule has 5 heteroatoms. The summed E-state index contributed by atoms with van der Waals surface area (Å²) in [5, 5.41) is 3.49. The molecule has 0 saturated carbocycles. The van der Waals surface area contributed by atoms with Crippen LogP contribution in [0.4, 0.5) is 0 Å². The van der Waals surface area contributed by atoms with Crippen LogP contribution in [-0.4, -0.2) is 25.1 Å². The Morgan fingerprint density at radius 2 is 2.05 bits per heavy atom. The first-order chi connectivity index (χ1) is 9.01. The summed E-state index contributed by atoms with van der Waals surface area (Å²) < 4.78 is 5.19. The molecule has 0 bridgehead atoms. The maximum atomic E-state index is 12.4. The molecule has 4 nitrogen and oxygen atoms in total. The highest BCUT2D eigenvalue weighted by Crippen LogP contribution is 2.24. The van der Waals surface area contributed by atoms with Gasteiger partial charge in [-0.3, -0.25) is 4.79 Å². The average Bonchev–Trinajstić information content (AvgIpc) is 2.44. The summed E-state index contributed by atoms with van der Waals surface area (Å²) in [7, 11) is 1.52.